The molecule has 0 radical (unpaired) electrons. The van der Waals surface area contributed by atoms with E-state index in [1.165, 1.54) is 0 Å². The van der Waals surface area contributed by atoms with Crippen LogP contribution >= 0.6 is 0 Å². The molecule has 2 aromatic carbocycles. The average Bonchev–Trinajstić information content (AvgIpc) is 2.67. The van der Waals surface area contributed by atoms with E-state index in [1.807, 2.05) is 37.3 Å². The molecule has 1 atom stereocenters. The quantitative estimate of drug-likeness (QED) is 0.604. The molecule has 3 N–H and O–H groups in total. The molecule has 0 saturated carbocycles. The van der Waals surface area contributed by atoms with Gasteiger partial charge in [-0.3, -0.25) is 9.59 Å². The highest BCUT2D eigenvalue weighted by Crippen LogP contribution is 2.19. The number of carbonyl (C=O) groups is 2. The Kier molecular flexibility index (Phi) is 7.36. The first kappa shape index (κ1) is 20.4. The maximum atomic E-state index is 13.5. The third-order valence-corrected chi connectivity index (χ3v) is 3.96. The summed E-state index contributed by atoms with van der Waals surface area (Å²) in [6, 6.07) is 11.3. The molecule has 0 spiro atoms. The lowest BCUT2D eigenvalue weighted by Crippen LogP contribution is -3.11. The fourth-order valence-electron chi connectivity index (χ4n) is 2.48. The van der Waals surface area contributed by atoms with E-state index < -0.39 is 35.6 Å². The van der Waals surface area contributed by atoms with E-state index in [4.69, 9.17) is 0 Å². The monoisotopic (exact) mass is 380 g/mol. The van der Waals surface area contributed by atoms with Gasteiger partial charge in [0.1, 0.15) is 6.54 Å². The predicted octanol–water partition coefficient (Wildman–Crippen LogP) is 1.26. The number of anilines is 1. The van der Waals surface area contributed by atoms with E-state index in [0.717, 1.165) is 16.5 Å². The summed E-state index contributed by atoms with van der Waals surface area (Å²) >= 11 is 0. The van der Waals surface area contributed by atoms with E-state index in [0.29, 0.717) is 19.2 Å². The van der Waals surface area contributed by atoms with E-state index >= 15 is 0 Å². The van der Waals surface area contributed by atoms with Gasteiger partial charge in [-0.25, -0.2) is 13.2 Å². The van der Waals surface area contributed by atoms with Gasteiger partial charge in [-0.05, 0) is 19.1 Å². The highest BCUT2D eigenvalue weighted by atomic mass is 19.2. The summed E-state index contributed by atoms with van der Waals surface area (Å²) in [5, 5.41) is 4.54. The van der Waals surface area contributed by atoms with Crippen molar-refractivity contribution < 1.29 is 27.7 Å². The minimum absolute atomic E-state index is 0.165. The molecule has 5 nitrogen and oxygen atoms in total. The number of hydrogen-bond donors (Lipinski definition) is 3. The van der Waals surface area contributed by atoms with Crippen molar-refractivity contribution >= 4 is 17.5 Å². The largest absolute Gasteiger partial charge is 0.342 e. The van der Waals surface area contributed by atoms with Crippen LogP contribution in [0.15, 0.2) is 42.5 Å². The molecule has 2 aromatic rings. The van der Waals surface area contributed by atoms with E-state index in [9.17, 15) is 22.8 Å². The maximum Gasteiger partial charge on any atom is 0.275 e. The first-order chi connectivity index (χ1) is 12.9. The number of quaternary nitrogens is 1. The molecule has 8 heteroatoms. The molecule has 0 saturated heterocycles. The number of rotatable bonds is 8. The molecule has 2 rings (SSSR count). The SMILES string of the molecule is CC[NH+](CC(=O)NCC(=O)Nc1ccc(F)c(F)c1F)Cc1ccccc1. The molecular weight excluding hydrogens is 359 g/mol. The number of benzene rings is 2. The number of hydrogen-bond acceptors (Lipinski definition) is 2. The van der Waals surface area contributed by atoms with Gasteiger partial charge in [-0.1, -0.05) is 30.3 Å². The van der Waals surface area contributed by atoms with Crippen LogP contribution in [0.2, 0.25) is 0 Å². The highest BCUT2D eigenvalue weighted by molar-refractivity contribution is 5.94. The standard InChI is InChI=1S/C19H20F3N3O2/c1-2-25(11-13-6-4-3-5-7-13)12-17(27)23-10-16(26)24-15-9-8-14(20)18(21)19(15)22/h3-9H,2,10-12H2,1H3,(H,23,27)(H,24,26)/p+1. The molecule has 27 heavy (non-hydrogen) atoms. The van der Waals surface area contributed by atoms with Gasteiger partial charge >= 0.3 is 0 Å². The zero-order valence-corrected chi connectivity index (χ0v) is 14.8. The van der Waals surface area contributed by atoms with Crippen molar-refractivity contribution in [1.29, 1.82) is 0 Å². The third kappa shape index (κ3) is 6.10. The van der Waals surface area contributed by atoms with Crippen molar-refractivity contribution in [3.63, 3.8) is 0 Å². The Morgan fingerprint density at radius 1 is 0.963 bits per heavy atom. The van der Waals surface area contributed by atoms with Crippen LogP contribution in [0.5, 0.6) is 0 Å². The lowest BCUT2D eigenvalue weighted by atomic mass is 10.2. The molecule has 0 heterocycles. The van der Waals surface area contributed by atoms with Gasteiger partial charge in [-0.15, -0.1) is 0 Å². The molecule has 0 aromatic heterocycles. The van der Waals surface area contributed by atoms with Crippen molar-refractivity contribution in [2.45, 2.75) is 13.5 Å². The van der Waals surface area contributed by atoms with Crippen molar-refractivity contribution in [2.24, 2.45) is 0 Å². The van der Waals surface area contributed by atoms with E-state index in [2.05, 4.69) is 10.6 Å². The highest BCUT2D eigenvalue weighted by Gasteiger charge is 2.17. The van der Waals surface area contributed by atoms with Gasteiger partial charge in [0, 0.05) is 5.56 Å². The van der Waals surface area contributed by atoms with E-state index in [1.54, 1.807) is 0 Å². The normalized spacial score (nSPS) is 11.7. The van der Waals surface area contributed by atoms with Crippen LogP contribution in [0.25, 0.3) is 0 Å². The van der Waals surface area contributed by atoms with Gasteiger partial charge in [0.25, 0.3) is 5.91 Å². The lowest BCUT2D eigenvalue weighted by molar-refractivity contribution is -0.904. The lowest BCUT2D eigenvalue weighted by Gasteiger charge is -2.17. The zero-order valence-electron chi connectivity index (χ0n) is 14.8. The van der Waals surface area contributed by atoms with Crippen LogP contribution < -0.4 is 15.5 Å². The van der Waals surface area contributed by atoms with Crippen molar-refractivity contribution in [3.8, 4) is 0 Å². The molecule has 0 bridgehead atoms. The summed E-state index contributed by atoms with van der Waals surface area (Å²) in [5.41, 5.74) is 0.603. The maximum absolute atomic E-state index is 13.5. The third-order valence-electron chi connectivity index (χ3n) is 3.96. The van der Waals surface area contributed by atoms with Crippen LogP contribution in [-0.2, 0) is 16.1 Å². The molecule has 0 fully saturated rings. The zero-order chi connectivity index (χ0) is 19.8. The molecule has 2 amide bonds. The van der Waals surface area contributed by atoms with Gasteiger partial charge in [0.05, 0.1) is 18.8 Å². The predicted molar refractivity (Wildman–Crippen MR) is 94.5 cm³/mol. The Bertz CT molecular complexity index is 800. The van der Waals surface area contributed by atoms with Crippen LogP contribution in [-0.4, -0.2) is 31.4 Å². The second-order valence-corrected chi connectivity index (χ2v) is 5.99. The molecule has 144 valence electrons. The van der Waals surface area contributed by atoms with Gasteiger partial charge in [0.15, 0.2) is 24.0 Å². The summed E-state index contributed by atoms with van der Waals surface area (Å²) in [6.07, 6.45) is 0. The summed E-state index contributed by atoms with van der Waals surface area (Å²) in [7, 11) is 0. The Labute approximate surface area is 155 Å². The fraction of sp³-hybridized carbons (Fsp3) is 0.263. The number of halogens is 3. The van der Waals surface area contributed by atoms with Gasteiger partial charge < -0.3 is 15.5 Å². The Morgan fingerprint density at radius 3 is 2.33 bits per heavy atom. The molecule has 0 aliphatic rings. The fourth-order valence-corrected chi connectivity index (χ4v) is 2.48. The topological polar surface area (TPSA) is 62.6 Å². The number of amides is 2. The summed E-state index contributed by atoms with van der Waals surface area (Å²) in [6.45, 7) is 3.09. The van der Waals surface area contributed by atoms with Crippen LogP contribution in [0.4, 0.5) is 18.9 Å². The first-order valence-corrected chi connectivity index (χ1v) is 8.48. The summed E-state index contributed by atoms with van der Waals surface area (Å²) in [5.74, 6) is -5.59. The Morgan fingerprint density at radius 2 is 1.67 bits per heavy atom. The molecule has 0 aliphatic heterocycles. The van der Waals surface area contributed by atoms with Crippen molar-refractivity contribution in [2.75, 3.05) is 25.0 Å². The average molecular weight is 380 g/mol. The van der Waals surface area contributed by atoms with Crippen molar-refractivity contribution in [1.82, 2.24) is 5.32 Å². The van der Waals surface area contributed by atoms with Gasteiger partial charge in [0.2, 0.25) is 5.91 Å². The first-order valence-electron chi connectivity index (χ1n) is 8.48. The molecule has 0 aliphatic carbocycles. The minimum Gasteiger partial charge on any atom is -0.342 e. The van der Waals surface area contributed by atoms with Crippen LogP contribution in [0.1, 0.15) is 12.5 Å². The minimum atomic E-state index is -1.67. The Balaban J connectivity index is 1.82. The number of nitrogens with one attached hydrogen (secondary N) is 3. The smallest absolute Gasteiger partial charge is 0.275 e. The summed E-state index contributed by atoms with van der Waals surface area (Å²) in [4.78, 5) is 24.8. The molecular formula is C19H21F3N3O2+. The Hall–Kier alpha value is -2.87. The second kappa shape index (κ2) is 9.72. The van der Waals surface area contributed by atoms with Crippen LogP contribution in [0.3, 0.4) is 0 Å². The number of likely N-dealkylation sites (N-methyl/N-ethyl adjacent to an activating group) is 1. The van der Waals surface area contributed by atoms with Crippen LogP contribution in [0, 0.1) is 17.5 Å². The van der Waals surface area contributed by atoms with E-state index in [-0.39, 0.29) is 12.5 Å². The molecule has 1 unspecified atom stereocenters. The number of carbonyl (C=O) groups excluding carboxylic acids is 2. The second-order valence-electron chi connectivity index (χ2n) is 5.99. The van der Waals surface area contributed by atoms with Crippen molar-refractivity contribution in [3.05, 3.63) is 65.5 Å². The summed E-state index contributed by atoms with van der Waals surface area (Å²) < 4.78 is 39.5. The van der Waals surface area contributed by atoms with Gasteiger partial charge in [-0.2, -0.15) is 0 Å².